The lowest BCUT2D eigenvalue weighted by Gasteiger charge is -2.41. The predicted octanol–water partition coefficient (Wildman–Crippen LogP) is 4.07. The number of nitrogens with zero attached hydrogens (tertiary/aromatic N) is 1. The van der Waals surface area contributed by atoms with Crippen LogP contribution >= 0.6 is 23.5 Å². The third-order valence-corrected chi connectivity index (χ3v) is 9.44. The molecule has 1 saturated heterocycles. The third kappa shape index (κ3) is 1.90. The summed E-state index contributed by atoms with van der Waals surface area (Å²) < 4.78 is 0.493. The summed E-state index contributed by atoms with van der Waals surface area (Å²) in [6.45, 7) is 1.13. The number of carbonyl (C=O) groups is 1. The minimum atomic E-state index is 0.224. The first-order valence-electron chi connectivity index (χ1n) is 8.35. The van der Waals surface area contributed by atoms with Gasteiger partial charge in [-0.3, -0.25) is 4.79 Å². The van der Waals surface area contributed by atoms with Crippen LogP contribution in [0.5, 0.6) is 0 Å². The quantitative estimate of drug-likeness (QED) is 0.773. The highest BCUT2D eigenvalue weighted by atomic mass is 32.2. The largest absolute Gasteiger partial charge is 0.302 e. The number of likely N-dealkylation sites (tertiary alicyclic amines) is 1. The first-order valence-corrected chi connectivity index (χ1v) is 9.98. The van der Waals surface area contributed by atoms with E-state index in [1.807, 2.05) is 0 Å². The van der Waals surface area contributed by atoms with Crippen molar-refractivity contribution in [3.63, 3.8) is 0 Å². The smallest absolute Gasteiger partial charge is 0.134 e. The molecule has 2 nitrogen and oxygen atoms in total. The molecule has 4 aliphatic rings. The summed E-state index contributed by atoms with van der Waals surface area (Å²) >= 11 is 4.18. The van der Waals surface area contributed by atoms with Gasteiger partial charge >= 0.3 is 0 Å². The van der Waals surface area contributed by atoms with Crippen LogP contribution in [-0.2, 0) is 10.2 Å². The number of benzene rings is 1. The molecule has 22 heavy (non-hydrogen) atoms. The highest BCUT2D eigenvalue weighted by Gasteiger charge is 2.52. The van der Waals surface area contributed by atoms with E-state index in [4.69, 9.17) is 0 Å². The fourth-order valence-corrected chi connectivity index (χ4v) is 7.65. The van der Waals surface area contributed by atoms with Crippen molar-refractivity contribution in [1.82, 2.24) is 4.90 Å². The fourth-order valence-electron chi connectivity index (χ4n) is 4.63. The molecular weight excluding hydrogens is 310 g/mol. The van der Waals surface area contributed by atoms with Gasteiger partial charge in [-0.15, -0.1) is 23.5 Å². The van der Waals surface area contributed by atoms with E-state index in [-0.39, 0.29) is 5.41 Å². The normalized spacial score (nSPS) is 35.7. The Bertz CT molecular complexity index is 669. The van der Waals surface area contributed by atoms with Gasteiger partial charge in [-0.1, -0.05) is 6.07 Å². The van der Waals surface area contributed by atoms with Gasteiger partial charge in [0.05, 0.1) is 4.08 Å². The Morgan fingerprint density at radius 1 is 1.14 bits per heavy atom. The second-order valence-electron chi connectivity index (χ2n) is 7.42. The molecule has 0 radical (unpaired) electrons. The van der Waals surface area contributed by atoms with Gasteiger partial charge in [-0.25, -0.2) is 0 Å². The zero-order valence-electron chi connectivity index (χ0n) is 12.9. The Labute approximate surface area is 140 Å². The number of hydrogen-bond acceptors (Lipinski definition) is 4. The number of hydrogen-bond donors (Lipinski definition) is 0. The van der Waals surface area contributed by atoms with Gasteiger partial charge in [0, 0.05) is 34.1 Å². The van der Waals surface area contributed by atoms with Crippen LogP contribution in [0.2, 0.25) is 0 Å². The molecule has 0 amide bonds. The minimum Gasteiger partial charge on any atom is -0.302 e. The zero-order valence-corrected chi connectivity index (χ0v) is 14.6. The molecular formula is C18H21NOS2. The van der Waals surface area contributed by atoms with E-state index in [1.54, 1.807) is 0 Å². The summed E-state index contributed by atoms with van der Waals surface area (Å²) in [5.74, 6) is 0.456. The highest BCUT2D eigenvalue weighted by molar-refractivity contribution is 8.21. The number of fused-ring (bicyclic) bond motifs is 2. The molecule has 0 unspecified atom stereocenters. The van der Waals surface area contributed by atoms with Crippen LogP contribution in [0, 0.1) is 0 Å². The van der Waals surface area contributed by atoms with Crippen molar-refractivity contribution < 1.29 is 4.79 Å². The molecule has 1 spiro atoms. The molecule has 4 heteroatoms. The van der Waals surface area contributed by atoms with Crippen LogP contribution in [0.3, 0.4) is 0 Å². The first-order chi connectivity index (χ1) is 10.6. The Balaban J connectivity index is 1.55. The average molecular weight is 332 g/mol. The highest BCUT2D eigenvalue weighted by Crippen LogP contribution is 2.68. The second-order valence-corrected chi connectivity index (χ2v) is 10.5. The first kappa shape index (κ1) is 13.9. The molecule has 2 atom stereocenters. The van der Waals surface area contributed by atoms with E-state index in [9.17, 15) is 4.79 Å². The van der Waals surface area contributed by atoms with E-state index in [0.717, 1.165) is 25.8 Å². The van der Waals surface area contributed by atoms with E-state index in [2.05, 4.69) is 53.7 Å². The molecule has 0 N–H and O–H groups in total. The van der Waals surface area contributed by atoms with Gasteiger partial charge in [0.1, 0.15) is 5.78 Å². The molecule has 3 fully saturated rings. The van der Waals surface area contributed by atoms with E-state index in [0.29, 0.717) is 15.9 Å². The number of carbonyl (C=O) groups excluding carboxylic acids is 1. The van der Waals surface area contributed by atoms with Crippen LogP contribution in [0.25, 0.3) is 0 Å². The van der Waals surface area contributed by atoms with Crippen LogP contribution in [0.15, 0.2) is 28.0 Å². The van der Waals surface area contributed by atoms with Gasteiger partial charge in [0.25, 0.3) is 0 Å². The number of likely N-dealkylation sites (N-methyl/N-ethyl adjacent to an activating group) is 1. The molecule has 116 valence electrons. The Morgan fingerprint density at radius 2 is 1.95 bits per heavy atom. The maximum atomic E-state index is 12.0. The molecule has 0 bridgehead atoms. The molecule has 2 aliphatic heterocycles. The zero-order chi connectivity index (χ0) is 14.9. The summed E-state index contributed by atoms with van der Waals surface area (Å²) in [5, 5.41) is 0. The summed E-state index contributed by atoms with van der Waals surface area (Å²) in [7, 11) is 2.20. The van der Waals surface area contributed by atoms with Gasteiger partial charge in [0.2, 0.25) is 0 Å². The van der Waals surface area contributed by atoms with Gasteiger partial charge in [-0.05, 0) is 57.0 Å². The van der Waals surface area contributed by atoms with Crippen molar-refractivity contribution in [2.24, 2.45) is 0 Å². The van der Waals surface area contributed by atoms with Crippen LogP contribution < -0.4 is 0 Å². The Kier molecular flexibility index (Phi) is 2.88. The number of rotatable bonds is 1. The van der Waals surface area contributed by atoms with Gasteiger partial charge in [-0.2, -0.15) is 0 Å². The summed E-state index contributed by atoms with van der Waals surface area (Å²) in [6, 6.07) is 7.62. The molecule has 1 aromatic rings. The number of thioether (sulfide) groups is 2. The standard InChI is InChI=1S/C18H21NOS2/c1-19-9-8-17(5-4-13(20)11-16(17)19)12-2-3-14-15(10-12)22-18(21-14)6-7-18/h2-3,10,16H,4-9,11H2,1H3/t16-,17-/m0/s1. The van der Waals surface area contributed by atoms with Gasteiger partial charge in [0.15, 0.2) is 0 Å². The molecule has 5 rings (SSSR count). The van der Waals surface area contributed by atoms with Crippen LogP contribution in [0.1, 0.15) is 44.1 Å². The minimum absolute atomic E-state index is 0.224. The van der Waals surface area contributed by atoms with Crippen molar-refractivity contribution in [2.75, 3.05) is 13.6 Å². The third-order valence-electron chi connectivity index (χ3n) is 6.12. The van der Waals surface area contributed by atoms with E-state index < -0.39 is 0 Å². The van der Waals surface area contributed by atoms with E-state index >= 15 is 0 Å². The maximum absolute atomic E-state index is 12.0. The van der Waals surface area contributed by atoms with Crippen LogP contribution in [0.4, 0.5) is 0 Å². The predicted molar refractivity (Wildman–Crippen MR) is 91.7 cm³/mol. The maximum Gasteiger partial charge on any atom is 0.134 e. The lowest BCUT2D eigenvalue weighted by molar-refractivity contribution is -0.122. The van der Waals surface area contributed by atoms with Crippen LogP contribution in [-0.4, -0.2) is 34.4 Å². The SMILES string of the molecule is CN1CC[C@]2(c3ccc4c(c3)SC3(CC3)S4)CCC(=O)C[C@H]12. The summed E-state index contributed by atoms with van der Waals surface area (Å²) in [4.78, 5) is 17.4. The number of ketones is 1. The lowest BCUT2D eigenvalue weighted by Crippen LogP contribution is -2.46. The van der Waals surface area contributed by atoms with Crippen molar-refractivity contribution >= 4 is 29.3 Å². The van der Waals surface area contributed by atoms with E-state index in [1.165, 1.54) is 34.6 Å². The molecule has 1 aromatic carbocycles. The monoisotopic (exact) mass is 331 g/mol. The Morgan fingerprint density at radius 3 is 2.77 bits per heavy atom. The average Bonchev–Trinajstić information content (AvgIpc) is 3.02. The van der Waals surface area contributed by atoms with Crippen molar-refractivity contribution in [3.8, 4) is 0 Å². The lowest BCUT2D eigenvalue weighted by atomic mass is 9.66. The molecule has 2 aliphatic carbocycles. The van der Waals surface area contributed by atoms with Crippen molar-refractivity contribution in [1.29, 1.82) is 0 Å². The second kappa shape index (κ2) is 4.55. The van der Waals surface area contributed by atoms with Gasteiger partial charge < -0.3 is 4.90 Å². The van der Waals surface area contributed by atoms with Crippen molar-refractivity contribution in [3.05, 3.63) is 23.8 Å². The van der Waals surface area contributed by atoms with Crippen molar-refractivity contribution in [2.45, 2.75) is 63.9 Å². The number of Topliss-reactive ketones (excluding diaryl/α,β-unsaturated/α-hetero) is 1. The fraction of sp³-hybridized carbons (Fsp3) is 0.611. The summed E-state index contributed by atoms with van der Waals surface area (Å²) in [6.07, 6.45) is 6.49. The summed E-state index contributed by atoms with van der Waals surface area (Å²) in [5.41, 5.74) is 1.72. The molecule has 2 heterocycles. The molecule has 0 aromatic heterocycles. The molecule has 2 saturated carbocycles. The Hall–Kier alpha value is -0.450. The topological polar surface area (TPSA) is 20.3 Å².